The highest BCUT2D eigenvalue weighted by atomic mass is 19.1. The van der Waals surface area contributed by atoms with E-state index in [0.717, 1.165) is 18.0 Å². The van der Waals surface area contributed by atoms with Crippen molar-refractivity contribution in [3.63, 3.8) is 0 Å². The van der Waals surface area contributed by atoms with Gasteiger partial charge >= 0.3 is 6.03 Å². The van der Waals surface area contributed by atoms with Crippen LogP contribution >= 0.6 is 0 Å². The number of amides is 2. The van der Waals surface area contributed by atoms with Crippen LogP contribution in [0.1, 0.15) is 18.0 Å². The molecule has 0 bridgehead atoms. The van der Waals surface area contributed by atoms with E-state index in [1.807, 2.05) is 19.0 Å². The molecular weight excluding hydrogens is 475 g/mol. The zero-order valence-corrected chi connectivity index (χ0v) is 19.9. The Morgan fingerprint density at radius 3 is 2.50 bits per heavy atom. The average Bonchev–Trinajstić information content (AvgIpc) is 3.43. The minimum atomic E-state index is -0.718. The second-order valence-corrected chi connectivity index (χ2v) is 8.92. The van der Waals surface area contributed by atoms with E-state index in [9.17, 15) is 18.0 Å². The highest BCUT2D eigenvalue weighted by Gasteiger charge is 2.39. The monoisotopic (exact) mass is 499 g/mol. The molecule has 0 radical (unpaired) electrons. The number of halogens is 3. The second-order valence-electron chi connectivity index (χ2n) is 8.92. The molecule has 1 unspecified atom stereocenters. The molecule has 5 rings (SSSR count). The lowest BCUT2D eigenvalue weighted by Crippen LogP contribution is -2.58. The molecule has 12 heteroatoms. The summed E-state index contributed by atoms with van der Waals surface area (Å²) in [6.07, 6.45) is 4.24. The van der Waals surface area contributed by atoms with Gasteiger partial charge < -0.3 is 14.5 Å². The van der Waals surface area contributed by atoms with Crippen molar-refractivity contribution in [2.45, 2.75) is 18.6 Å². The zero-order valence-electron chi connectivity index (χ0n) is 19.9. The molecule has 4 heterocycles. The number of urea groups is 1. The Bertz CT molecular complexity index is 1320. The number of rotatable bonds is 5. The van der Waals surface area contributed by atoms with E-state index in [-0.39, 0.29) is 18.8 Å². The molecule has 2 amide bonds. The van der Waals surface area contributed by atoms with E-state index in [2.05, 4.69) is 15.2 Å². The molecule has 0 aliphatic carbocycles. The fourth-order valence-electron chi connectivity index (χ4n) is 4.33. The summed E-state index contributed by atoms with van der Waals surface area (Å²) in [5, 5.41) is 9.57. The summed E-state index contributed by atoms with van der Waals surface area (Å²) in [6, 6.07) is 3.66. The molecule has 0 saturated carbocycles. The van der Waals surface area contributed by atoms with Gasteiger partial charge in [0.1, 0.15) is 23.4 Å². The lowest BCUT2D eigenvalue weighted by Gasteiger charge is -2.41. The number of carbonyl (C=O) groups is 1. The molecule has 3 aromatic rings. The number of ether oxygens (including phenoxy) is 1. The maximum atomic E-state index is 14.5. The van der Waals surface area contributed by atoms with Crippen LogP contribution in [0.5, 0.6) is 5.75 Å². The number of likely N-dealkylation sites (tertiary alicyclic amines) is 1. The summed E-state index contributed by atoms with van der Waals surface area (Å²) in [7, 11) is 5.53. The summed E-state index contributed by atoms with van der Waals surface area (Å²) < 4.78 is 49.4. The van der Waals surface area contributed by atoms with Crippen molar-refractivity contribution in [3.8, 4) is 17.1 Å². The molecule has 36 heavy (non-hydrogen) atoms. The van der Waals surface area contributed by atoms with E-state index in [1.54, 1.807) is 17.9 Å². The normalized spacial score (nSPS) is 17.4. The fourth-order valence-corrected chi connectivity index (χ4v) is 4.33. The molecule has 1 aromatic carbocycles. The van der Waals surface area contributed by atoms with Crippen LogP contribution in [-0.2, 0) is 7.05 Å². The van der Waals surface area contributed by atoms with Crippen LogP contribution in [-0.4, -0.2) is 70.2 Å². The van der Waals surface area contributed by atoms with Crippen molar-refractivity contribution in [3.05, 3.63) is 59.7 Å². The predicted molar refractivity (Wildman–Crippen MR) is 126 cm³/mol. The van der Waals surface area contributed by atoms with Crippen LogP contribution in [0.25, 0.3) is 11.4 Å². The van der Waals surface area contributed by atoms with Crippen LogP contribution in [0.2, 0.25) is 0 Å². The van der Waals surface area contributed by atoms with Gasteiger partial charge in [-0.05, 0) is 17.7 Å². The maximum absolute atomic E-state index is 14.5. The van der Waals surface area contributed by atoms with Crippen molar-refractivity contribution in [1.82, 2.24) is 24.7 Å². The lowest BCUT2D eigenvalue weighted by molar-refractivity contribution is 0.0256. The fraction of sp³-hybridized carbons (Fsp3) is 0.333. The summed E-state index contributed by atoms with van der Waals surface area (Å²) in [6.45, 7) is 0.418. The number of hydrogen-bond donors (Lipinski definition) is 0. The third kappa shape index (κ3) is 4.34. The third-order valence-corrected chi connectivity index (χ3v) is 6.17. The second kappa shape index (κ2) is 9.17. The van der Waals surface area contributed by atoms with Gasteiger partial charge in [-0.1, -0.05) is 0 Å². The Morgan fingerprint density at radius 2 is 1.81 bits per heavy atom. The number of benzene rings is 1. The van der Waals surface area contributed by atoms with Gasteiger partial charge in [-0.2, -0.15) is 10.2 Å². The van der Waals surface area contributed by atoms with E-state index in [0.29, 0.717) is 23.4 Å². The molecule has 2 aromatic heterocycles. The van der Waals surface area contributed by atoms with Gasteiger partial charge in [-0.15, -0.1) is 0 Å². The Balaban J connectivity index is 1.26. The number of aromatic nitrogens is 3. The van der Waals surface area contributed by atoms with Gasteiger partial charge in [-0.25, -0.2) is 23.0 Å². The number of aryl methyl sites for hydroxylation is 1. The predicted octanol–water partition coefficient (Wildman–Crippen LogP) is 3.58. The van der Waals surface area contributed by atoms with E-state index in [4.69, 9.17) is 4.74 Å². The first kappa shape index (κ1) is 23.6. The minimum Gasteiger partial charge on any atom is -0.483 e. The molecule has 2 aliphatic heterocycles. The van der Waals surface area contributed by atoms with Crippen molar-refractivity contribution in [1.29, 1.82) is 0 Å². The smallest absolute Gasteiger partial charge is 0.341 e. The Kier molecular flexibility index (Phi) is 6.02. The number of hydrogen-bond acceptors (Lipinski definition) is 6. The molecule has 1 atom stereocenters. The topological polar surface area (TPSA) is 79.1 Å². The Morgan fingerprint density at radius 1 is 1.08 bits per heavy atom. The Labute approximate surface area is 205 Å². The number of pyridine rings is 1. The van der Waals surface area contributed by atoms with Gasteiger partial charge in [-0.3, -0.25) is 9.67 Å². The van der Waals surface area contributed by atoms with E-state index in [1.165, 1.54) is 34.3 Å². The molecule has 1 fully saturated rings. The first-order valence-electron chi connectivity index (χ1n) is 11.3. The van der Waals surface area contributed by atoms with Crippen LogP contribution in [0, 0.1) is 17.5 Å². The molecule has 0 N–H and O–H groups in total. The van der Waals surface area contributed by atoms with Crippen molar-refractivity contribution in [2.24, 2.45) is 12.1 Å². The first-order valence-corrected chi connectivity index (χ1v) is 11.3. The van der Waals surface area contributed by atoms with Gasteiger partial charge in [0.15, 0.2) is 11.6 Å². The zero-order chi connectivity index (χ0) is 25.6. The average molecular weight is 499 g/mol. The SMILES string of the molecule is CN(C)c1cnn(C)c1-c1cc(OC2CN(C(=O)N3N=CCC3c3cc(F)cc(F)c3)C2)c(F)cn1. The molecule has 2 aliphatic rings. The van der Waals surface area contributed by atoms with Crippen LogP contribution in [0.15, 0.2) is 41.8 Å². The highest BCUT2D eigenvalue weighted by Crippen LogP contribution is 2.33. The van der Waals surface area contributed by atoms with Crippen molar-refractivity contribution in [2.75, 3.05) is 32.1 Å². The summed E-state index contributed by atoms with van der Waals surface area (Å²) in [5.41, 5.74) is 2.35. The minimum absolute atomic E-state index is 0.0234. The van der Waals surface area contributed by atoms with Gasteiger partial charge in [0.2, 0.25) is 0 Å². The van der Waals surface area contributed by atoms with E-state index >= 15 is 0 Å². The van der Waals surface area contributed by atoms with Crippen molar-refractivity contribution < 1.29 is 22.7 Å². The quantitative estimate of drug-likeness (QED) is 0.536. The van der Waals surface area contributed by atoms with Gasteiger partial charge in [0.25, 0.3) is 0 Å². The molecule has 1 saturated heterocycles. The van der Waals surface area contributed by atoms with Gasteiger partial charge in [0.05, 0.1) is 42.9 Å². The standard InChI is InChI=1S/C24H24F3N7O2/c1-31(2)21-11-30-32(3)23(21)19-9-22(18(27)10-28-19)36-17-12-33(13-17)24(35)34-20(4-5-29-34)14-6-15(25)8-16(26)7-14/h5-11,17,20H,4,12-13H2,1-3H3. The summed E-state index contributed by atoms with van der Waals surface area (Å²) in [5.74, 6) is -2.03. The molecular formula is C24H24F3N7O2. The highest BCUT2D eigenvalue weighted by molar-refractivity contribution is 5.79. The Hall–Kier alpha value is -4.09. The largest absolute Gasteiger partial charge is 0.483 e. The number of anilines is 1. The van der Waals surface area contributed by atoms with Crippen LogP contribution in [0.3, 0.4) is 0 Å². The molecule has 0 spiro atoms. The van der Waals surface area contributed by atoms with Crippen LogP contribution in [0.4, 0.5) is 23.7 Å². The molecule has 188 valence electrons. The van der Waals surface area contributed by atoms with Gasteiger partial charge in [0, 0.05) is 45.9 Å². The summed E-state index contributed by atoms with van der Waals surface area (Å²) >= 11 is 0. The van der Waals surface area contributed by atoms with Crippen molar-refractivity contribution >= 4 is 17.9 Å². The third-order valence-electron chi connectivity index (χ3n) is 6.17. The first-order chi connectivity index (χ1) is 17.2. The number of hydrazone groups is 1. The number of nitrogens with zero attached hydrogens (tertiary/aromatic N) is 7. The van der Waals surface area contributed by atoms with Crippen LogP contribution < -0.4 is 9.64 Å². The number of carbonyl (C=O) groups excluding carboxylic acids is 1. The maximum Gasteiger partial charge on any atom is 0.341 e. The summed E-state index contributed by atoms with van der Waals surface area (Å²) in [4.78, 5) is 20.6. The molecule has 9 nitrogen and oxygen atoms in total. The van der Waals surface area contributed by atoms with E-state index < -0.39 is 35.6 Å². The lowest BCUT2D eigenvalue weighted by atomic mass is 10.0.